The Kier molecular flexibility index (Phi) is 6.13. The highest BCUT2D eigenvalue weighted by Crippen LogP contribution is 2.28. The second kappa shape index (κ2) is 9.16. The van der Waals surface area contributed by atoms with E-state index >= 15 is 0 Å². The highest BCUT2D eigenvalue weighted by Gasteiger charge is 2.40. The van der Waals surface area contributed by atoms with Crippen LogP contribution in [0.4, 0.5) is 17.1 Å². The van der Waals surface area contributed by atoms with E-state index in [0.717, 1.165) is 11.1 Å². The van der Waals surface area contributed by atoms with Crippen molar-refractivity contribution < 1.29 is 19.1 Å². The molecule has 4 rings (SSSR count). The number of benzene rings is 3. The summed E-state index contributed by atoms with van der Waals surface area (Å²) in [6.07, 6.45) is 0.0753. The first-order chi connectivity index (χ1) is 15.9. The van der Waals surface area contributed by atoms with E-state index in [0.29, 0.717) is 28.4 Å². The number of amides is 3. The van der Waals surface area contributed by atoms with Crippen molar-refractivity contribution in [1.82, 2.24) is 0 Å². The van der Waals surface area contributed by atoms with Gasteiger partial charge < -0.3 is 15.4 Å². The number of methoxy groups -OCH3 is 1. The quantitative estimate of drug-likeness (QED) is 0.555. The smallest absolute Gasteiger partial charge is 0.256 e. The van der Waals surface area contributed by atoms with Gasteiger partial charge in [-0.25, -0.2) is 4.90 Å². The molecule has 1 aliphatic heterocycles. The summed E-state index contributed by atoms with van der Waals surface area (Å²) >= 11 is 0. The van der Waals surface area contributed by atoms with E-state index in [1.807, 2.05) is 26.0 Å². The number of anilines is 3. The predicted octanol–water partition coefficient (Wildman–Crippen LogP) is 4.31. The summed E-state index contributed by atoms with van der Waals surface area (Å²) < 4.78 is 5.12. The van der Waals surface area contributed by atoms with E-state index in [-0.39, 0.29) is 24.1 Å². The van der Waals surface area contributed by atoms with Gasteiger partial charge in [0.25, 0.3) is 11.8 Å². The van der Waals surface area contributed by atoms with E-state index in [4.69, 9.17) is 4.74 Å². The number of carbonyl (C=O) groups excluding carboxylic acids is 3. The van der Waals surface area contributed by atoms with Gasteiger partial charge in [-0.2, -0.15) is 0 Å². The van der Waals surface area contributed by atoms with Crippen LogP contribution >= 0.6 is 0 Å². The molecule has 7 heteroatoms. The van der Waals surface area contributed by atoms with Crippen molar-refractivity contribution in [1.29, 1.82) is 0 Å². The minimum absolute atomic E-state index is 0.0753. The van der Waals surface area contributed by atoms with E-state index in [1.54, 1.807) is 61.7 Å². The highest BCUT2D eigenvalue weighted by atomic mass is 16.5. The molecule has 33 heavy (non-hydrogen) atoms. The lowest BCUT2D eigenvalue weighted by atomic mass is 10.1. The van der Waals surface area contributed by atoms with Gasteiger partial charge in [-0.05, 0) is 74.0 Å². The van der Waals surface area contributed by atoms with Crippen LogP contribution in [-0.2, 0) is 9.59 Å². The molecule has 0 aromatic heterocycles. The second-order valence-electron chi connectivity index (χ2n) is 8.02. The fourth-order valence-electron chi connectivity index (χ4n) is 3.85. The summed E-state index contributed by atoms with van der Waals surface area (Å²) in [4.78, 5) is 39.3. The molecule has 168 valence electrons. The molecule has 3 amide bonds. The Hall–Kier alpha value is -4.13. The lowest BCUT2D eigenvalue weighted by Crippen LogP contribution is -2.35. The fraction of sp³-hybridized carbons (Fsp3) is 0.192. The fourth-order valence-corrected chi connectivity index (χ4v) is 3.85. The number of ether oxygens (including phenoxy) is 1. The first-order valence-corrected chi connectivity index (χ1v) is 10.6. The number of hydrogen-bond acceptors (Lipinski definition) is 5. The normalized spacial score (nSPS) is 15.5. The summed E-state index contributed by atoms with van der Waals surface area (Å²) in [7, 11) is 1.58. The van der Waals surface area contributed by atoms with Crippen LogP contribution in [0, 0.1) is 13.8 Å². The van der Waals surface area contributed by atoms with Crippen molar-refractivity contribution in [3.63, 3.8) is 0 Å². The van der Waals surface area contributed by atoms with Crippen LogP contribution in [-0.4, -0.2) is 30.9 Å². The van der Waals surface area contributed by atoms with Crippen LogP contribution in [0.3, 0.4) is 0 Å². The Balaban J connectivity index is 1.41. The minimum atomic E-state index is -0.655. The van der Waals surface area contributed by atoms with Gasteiger partial charge in [0, 0.05) is 16.9 Å². The largest absolute Gasteiger partial charge is 0.497 e. The Morgan fingerprint density at radius 2 is 1.61 bits per heavy atom. The summed E-state index contributed by atoms with van der Waals surface area (Å²) in [5.41, 5.74) is 4.35. The molecule has 1 saturated heterocycles. The number of imide groups is 1. The van der Waals surface area contributed by atoms with Crippen LogP contribution < -0.4 is 20.3 Å². The van der Waals surface area contributed by atoms with E-state index in [2.05, 4.69) is 10.6 Å². The van der Waals surface area contributed by atoms with Crippen LogP contribution in [0.25, 0.3) is 0 Å². The summed E-state index contributed by atoms with van der Waals surface area (Å²) in [6, 6.07) is 18.8. The first kappa shape index (κ1) is 22.1. The number of rotatable bonds is 6. The summed E-state index contributed by atoms with van der Waals surface area (Å²) in [6.45, 7) is 3.86. The second-order valence-corrected chi connectivity index (χ2v) is 8.02. The average Bonchev–Trinajstić information content (AvgIpc) is 3.07. The molecule has 0 radical (unpaired) electrons. The minimum Gasteiger partial charge on any atom is -0.497 e. The van der Waals surface area contributed by atoms with Gasteiger partial charge in [0.15, 0.2) is 0 Å². The molecule has 1 aliphatic rings. The number of hydrogen-bond donors (Lipinski definition) is 2. The summed E-state index contributed by atoms with van der Waals surface area (Å²) in [5, 5.41) is 5.95. The lowest BCUT2D eigenvalue weighted by molar-refractivity contribution is -0.121. The zero-order valence-corrected chi connectivity index (χ0v) is 18.7. The number of aryl methyl sites for hydroxylation is 2. The zero-order valence-electron chi connectivity index (χ0n) is 18.7. The van der Waals surface area contributed by atoms with Gasteiger partial charge in [-0.3, -0.25) is 14.4 Å². The number of carbonyl (C=O) groups is 3. The van der Waals surface area contributed by atoms with Gasteiger partial charge in [0.1, 0.15) is 11.8 Å². The Morgan fingerprint density at radius 3 is 2.24 bits per heavy atom. The average molecular weight is 444 g/mol. The van der Waals surface area contributed by atoms with Gasteiger partial charge in [0.05, 0.1) is 19.2 Å². The topological polar surface area (TPSA) is 87.7 Å². The Labute approximate surface area is 192 Å². The lowest BCUT2D eigenvalue weighted by Gasteiger charge is -2.18. The predicted molar refractivity (Wildman–Crippen MR) is 128 cm³/mol. The molecule has 0 unspecified atom stereocenters. The zero-order chi connectivity index (χ0) is 23.5. The van der Waals surface area contributed by atoms with Gasteiger partial charge in [-0.15, -0.1) is 0 Å². The van der Waals surface area contributed by atoms with Crippen molar-refractivity contribution in [2.24, 2.45) is 0 Å². The molecule has 2 N–H and O–H groups in total. The van der Waals surface area contributed by atoms with E-state index in [9.17, 15) is 14.4 Å². The van der Waals surface area contributed by atoms with Crippen molar-refractivity contribution in [3.05, 3.63) is 83.4 Å². The van der Waals surface area contributed by atoms with Crippen LogP contribution in [0.5, 0.6) is 5.75 Å². The monoisotopic (exact) mass is 443 g/mol. The molecular formula is C26H25N3O4. The Bertz CT molecular complexity index is 1200. The van der Waals surface area contributed by atoms with Gasteiger partial charge >= 0.3 is 0 Å². The van der Waals surface area contributed by atoms with Crippen molar-refractivity contribution in [2.45, 2.75) is 26.3 Å². The number of nitrogens with zero attached hydrogens (tertiary/aromatic N) is 1. The van der Waals surface area contributed by atoms with Crippen LogP contribution in [0.1, 0.15) is 27.9 Å². The standard InChI is InChI=1S/C26H25N3O4/c1-16-4-13-23(17(2)14-16)29-24(30)15-22(26(29)32)27-19-7-5-18(6-8-19)25(31)28-20-9-11-21(33-3)12-10-20/h4-14,22,27H,15H2,1-3H3,(H,28,31)/t22-/m0/s1. The maximum atomic E-state index is 13.0. The molecule has 0 spiro atoms. The van der Waals surface area contributed by atoms with Gasteiger partial charge in [0.2, 0.25) is 5.91 Å². The Morgan fingerprint density at radius 1 is 0.939 bits per heavy atom. The maximum absolute atomic E-state index is 13.0. The van der Waals surface area contributed by atoms with Gasteiger partial charge in [-0.1, -0.05) is 17.7 Å². The molecule has 0 saturated carbocycles. The highest BCUT2D eigenvalue weighted by molar-refractivity contribution is 6.23. The first-order valence-electron chi connectivity index (χ1n) is 10.6. The molecule has 0 bridgehead atoms. The van der Waals surface area contributed by atoms with Crippen LogP contribution in [0.2, 0.25) is 0 Å². The summed E-state index contributed by atoms with van der Waals surface area (Å²) in [5.74, 6) is -0.0625. The van der Waals surface area contributed by atoms with Crippen molar-refractivity contribution in [2.75, 3.05) is 22.6 Å². The molecule has 1 atom stereocenters. The third kappa shape index (κ3) is 4.72. The van der Waals surface area contributed by atoms with Crippen molar-refractivity contribution >= 4 is 34.8 Å². The molecule has 1 heterocycles. The van der Waals surface area contributed by atoms with Crippen LogP contribution in [0.15, 0.2) is 66.7 Å². The third-order valence-electron chi connectivity index (χ3n) is 5.58. The van der Waals surface area contributed by atoms with E-state index in [1.165, 1.54) is 4.90 Å². The molecule has 7 nitrogen and oxygen atoms in total. The molecule has 3 aromatic carbocycles. The number of nitrogens with one attached hydrogen (secondary N) is 2. The third-order valence-corrected chi connectivity index (χ3v) is 5.58. The molecule has 0 aliphatic carbocycles. The molecule has 3 aromatic rings. The molecular weight excluding hydrogens is 418 g/mol. The van der Waals surface area contributed by atoms with E-state index < -0.39 is 6.04 Å². The maximum Gasteiger partial charge on any atom is 0.256 e. The van der Waals surface area contributed by atoms with Crippen molar-refractivity contribution in [3.8, 4) is 5.75 Å². The molecule has 1 fully saturated rings. The SMILES string of the molecule is COc1ccc(NC(=O)c2ccc(N[C@H]3CC(=O)N(c4ccc(C)cc4C)C3=O)cc2)cc1.